The zero-order valence-corrected chi connectivity index (χ0v) is 18.0. The number of hydrogen-bond acceptors (Lipinski definition) is 3. The highest BCUT2D eigenvalue weighted by Crippen LogP contribution is 2.22. The van der Waals surface area contributed by atoms with Crippen molar-refractivity contribution in [3.8, 4) is 0 Å². The summed E-state index contributed by atoms with van der Waals surface area (Å²) in [4.78, 5) is 19.9. The molecule has 2 heterocycles. The number of piperidine rings is 1. The predicted octanol–water partition coefficient (Wildman–Crippen LogP) is 4.26. The first-order chi connectivity index (χ1) is 15.3. The molecule has 1 atom stereocenters. The number of pyridine rings is 1. The maximum absolute atomic E-state index is 13.4. The van der Waals surface area contributed by atoms with Crippen LogP contribution in [-0.2, 0) is 24.2 Å². The first kappa shape index (κ1) is 21.3. The van der Waals surface area contributed by atoms with Gasteiger partial charge in [-0.25, -0.2) is 0 Å². The normalized spacial score (nSPS) is 15.5. The van der Waals surface area contributed by atoms with E-state index in [0.717, 1.165) is 38.0 Å². The number of benzene rings is 2. The lowest BCUT2D eigenvalue weighted by Crippen LogP contribution is -2.50. The molecule has 1 amide bonds. The van der Waals surface area contributed by atoms with Gasteiger partial charge in [0.15, 0.2) is 0 Å². The van der Waals surface area contributed by atoms with Crippen LogP contribution in [0.4, 0.5) is 0 Å². The molecule has 4 rings (SSSR count). The van der Waals surface area contributed by atoms with E-state index in [1.54, 1.807) is 6.20 Å². The molecule has 0 unspecified atom stereocenters. The van der Waals surface area contributed by atoms with E-state index in [4.69, 9.17) is 0 Å². The predicted molar refractivity (Wildman–Crippen MR) is 124 cm³/mol. The van der Waals surface area contributed by atoms with Gasteiger partial charge in [-0.2, -0.15) is 0 Å². The maximum atomic E-state index is 13.4. The van der Waals surface area contributed by atoms with Crippen molar-refractivity contribution < 1.29 is 4.79 Å². The van der Waals surface area contributed by atoms with Crippen molar-refractivity contribution in [3.05, 3.63) is 102 Å². The molecule has 4 heteroatoms. The van der Waals surface area contributed by atoms with Crippen LogP contribution < -0.4 is 5.32 Å². The van der Waals surface area contributed by atoms with Crippen molar-refractivity contribution in [2.24, 2.45) is 5.92 Å². The number of rotatable bonds is 8. The smallest absolute Gasteiger partial charge is 0.240 e. The van der Waals surface area contributed by atoms with Gasteiger partial charge in [-0.1, -0.05) is 66.7 Å². The number of aromatic nitrogens is 1. The molecule has 0 bridgehead atoms. The summed E-state index contributed by atoms with van der Waals surface area (Å²) in [6.45, 7) is 2.27. The van der Waals surface area contributed by atoms with Crippen molar-refractivity contribution in [3.63, 3.8) is 0 Å². The molecule has 31 heavy (non-hydrogen) atoms. The van der Waals surface area contributed by atoms with E-state index in [-0.39, 0.29) is 11.9 Å². The largest absolute Gasteiger partial charge is 0.341 e. The van der Waals surface area contributed by atoms with Crippen molar-refractivity contribution in [1.29, 1.82) is 0 Å². The fraction of sp³-hybridized carbons (Fsp3) is 0.333. The molecule has 2 aromatic carbocycles. The van der Waals surface area contributed by atoms with Crippen LogP contribution in [-0.4, -0.2) is 34.9 Å². The summed E-state index contributed by atoms with van der Waals surface area (Å²) < 4.78 is 0. The topological polar surface area (TPSA) is 45.2 Å². The van der Waals surface area contributed by atoms with Gasteiger partial charge in [0, 0.05) is 25.8 Å². The van der Waals surface area contributed by atoms with E-state index in [1.807, 2.05) is 36.4 Å². The van der Waals surface area contributed by atoms with E-state index in [2.05, 4.69) is 57.7 Å². The second-order valence-corrected chi connectivity index (χ2v) is 8.40. The van der Waals surface area contributed by atoms with Gasteiger partial charge in [-0.05, 0) is 54.9 Å². The van der Waals surface area contributed by atoms with Crippen LogP contribution in [0.2, 0.25) is 0 Å². The molecule has 1 aromatic heterocycles. The molecule has 0 aliphatic carbocycles. The lowest BCUT2D eigenvalue weighted by molar-refractivity contribution is -0.134. The van der Waals surface area contributed by atoms with E-state index in [1.165, 1.54) is 11.1 Å². The van der Waals surface area contributed by atoms with Crippen LogP contribution in [0.5, 0.6) is 0 Å². The number of amides is 1. The Bertz CT molecular complexity index is 922. The number of carbonyl (C=O) groups is 1. The maximum Gasteiger partial charge on any atom is 0.240 e. The Kier molecular flexibility index (Phi) is 7.46. The minimum Gasteiger partial charge on any atom is -0.341 e. The van der Waals surface area contributed by atoms with E-state index in [0.29, 0.717) is 18.9 Å². The minimum absolute atomic E-state index is 0.206. The molecule has 1 fully saturated rings. The Labute approximate surface area is 185 Å². The van der Waals surface area contributed by atoms with Crippen LogP contribution >= 0.6 is 0 Å². The zero-order chi connectivity index (χ0) is 21.3. The van der Waals surface area contributed by atoms with Crippen LogP contribution in [0.3, 0.4) is 0 Å². The average molecular weight is 414 g/mol. The summed E-state index contributed by atoms with van der Waals surface area (Å²) in [6.07, 6.45) is 5.73. The lowest BCUT2D eigenvalue weighted by Gasteiger charge is -2.34. The summed E-state index contributed by atoms with van der Waals surface area (Å²) in [5.41, 5.74) is 3.52. The standard InChI is InChI=1S/C27H31N3O/c31-27(30-17-14-24(15-18-30)19-22-9-3-1-4-10-22)26(20-23-11-5-2-6-12-23)29-21-25-13-7-8-16-28-25/h1-13,16,24,26,29H,14-15,17-21H2/t26-/m0/s1. The van der Waals surface area contributed by atoms with Crippen molar-refractivity contribution in [2.45, 2.75) is 38.3 Å². The van der Waals surface area contributed by atoms with Gasteiger partial charge < -0.3 is 4.90 Å². The van der Waals surface area contributed by atoms with Crippen molar-refractivity contribution >= 4 is 5.91 Å². The summed E-state index contributed by atoms with van der Waals surface area (Å²) in [5, 5.41) is 3.48. The molecule has 1 aliphatic heterocycles. The monoisotopic (exact) mass is 413 g/mol. The highest BCUT2D eigenvalue weighted by molar-refractivity contribution is 5.82. The highest BCUT2D eigenvalue weighted by atomic mass is 16.2. The number of likely N-dealkylation sites (tertiary alicyclic amines) is 1. The molecule has 3 aromatic rings. The van der Waals surface area contributed by atoms with Gasteiger partial charge >= 0.3 is 0 Å². The Morgan fingerprint density at radius 1 is 0.903 bits per heavy atom. The fourth-order valence-electron chi connectivity index (χ4n) is 4.35. The fourth-order valence-corrected chi connectivity index (χ4v) is 4.35. The number of hydrogen-bond donors (Lipinski definition) is 1. The SMILES string of the molecule is O=C([C@H](Cc1ccccc1)NCc1ccccn1)N1CCC(Cc2ccccc2)CC1. The summed E-state index contributed by atoms with van der Waals surface area (Å²) in [5.74, 6) is 0.860. The number of nitrogens with zero attached hydrogens (tertiary/aromatic N) is 2. The molecule has 160 valence electrons. The summed E-state index contributed by atoms with van der Waals surface area (Å²) >= 11 is 0. The van der Waals surface area contributed by atoms with Gasteiger partial charge in [-0.3, -0.25) is 15.1 Å². The van der Waals surface area contributed by atoms with Crippen molar-refractivity contribution in [1.82, 2.24) is 15.2 Å². The van der Waals surface area contributed by atoms with Gasteiger partial charge in [0.1, 0.15) is 0 Å². The average Bonchev–Trinajstić information content (AvgIpc) is 2.84. The van der Waals surface area contributed by atoms with Crippen LogP contribution in [0.15, 0.2) is 85.1 Å². The van der Waals surface area contributed by atoms with E-state index in [9.17, 15) is 4.79 Å². The van der Waals surface area contributed by atoms with Crippen LogP contribution in [0.25, 0.3) is 0 Å². The highest BCUT2D eigenvalue weighted by Gasteiger charge is 2.28. The molecule has 4 nitrogen and oxygen atoms in total. The Balaban J connectivity index is 1.36. The quantitative estimate of drug-likeness (QED) is 0.600. The Hall–Kier alpha value is -2.98. The van der Waals surface area contributed by atoms with E-state index >= 15 is 0 Å². The number of carbonyl (C=O) groups excluding carboxylic acids is 1. The molecule has 0 spiro atoms. The molecule has 0 saturated carbocycles. The molecule has 0 radical (unpaired) electrons. The first-order valence-corrected chi connectivity index (χ1v) is 11.3. The minimum atomic E-state index is -0.241. The molecular weight excluding hydrogens is 382 g/mol. The second kappa shape index (κ2) is 10.9. The third-order valence-electron chi connectivity index (χ3n) is 6.13. The molecular formula is C27H31N3O. The summed E-state index contributed by atoms with van der Waals surface area (Å²) in [6, 6.07) is 26.6. The van der Waals surface area contributed by atoms with Gasteiger partial charge in [-0.15, -0.1) is 0 Å². The lowest BCUT2D eigenvalue weighted by atomic mass is 9.90. The van der Waals surface area contributed by atoms with Gasteiger partial charge in [0.2, 0.25) is 5.91 Å². The third-order valence-corrected chi connectivity index (χ3v) is 6.13. The zero-order valence-electron chi connectivity index (χ0n) is 18.0. The van der Waals surface area contributed by atoms with Gasteiger partial charge in [0.05, 0.1) is 11.7 Å². The van der Waals surface area contributed by atoms with Crippen molar-refractivity contribution in [2.75, 3.05) is 13.1 Å². The van der Waals surface area contributed by atoms with Gasteiger partial charge in [0.25, 0.3) is 0 Å². The molecule has 1 aliphatic rings. The van der Waals surface area contributed by atoms with E-state index < -0.39 is 0 Å². The summed E-state index contributed by atoms with van der Waals surface area (Å²) in [7, 11) is 0. The third kappa shape index (κ3) is 6.25. The Morgan fingerprint density at radius 3 is 2.19 bits per heavy atom. The number of nitrogens with one attached hydrogen (secondary N) is 1. The molecule has 1 N–H and O–H groups in total. The molecule has 1 saturated heterocycles. The first-order valence-electron chi connectivity index (χ1n) is 11.3. The van der Waals surface area contributed by atoms with Crippen LogP contribution in [0, 0.1) is 5.92 Å². The second-order valence-electron chi connectivity index (χ2n) is 8.40. The Morgan fingerprint density at radius 2 is 1.55 bits per heavy atom. The van der Waals surface area contributed by atoms with Crippen LogP contribution in [0.1, 0.15) is 29.7 Å².